The number of carbonyl (C=O) groups excluding carboxylic acids is 1. The summed E-state index contributed by atoms with van der Waals surface area (Å²) < 4.78 is 0. The van der Waals surface area contributed by atoms with E-state index in [4.69, 9.17) is 11.6 Å². The molecule has 82 valence electrons. The average Bonchev–Trinajstić information content (AvgIpc) is 2.74. The lowest BCUT2D eigenvalue weighted by atomic mass is 9.85. The van der Waals surface area contributed by atoms with Crippen LogP contribution in [0.3, 0.4) is 0 Å². The number of allylic oxidation sites excluding steroid dienone is 2. The average molecular weight is 235 g/mol. The summed E-state index contributed by atoms with van der Waals surface area (Å²) in [6, 6.07) is 0. The normalized spacial score (nSPS) is 33.8. The van der Waals surface area contributed by atoms with E-state index in [0.29, 0.717) is 11.6 Å². The molecular weight excluding hydrogens is 224 g/mol. The molecule has 0 unspecified atom stereocenters. The second kappa shape index (κ2) is 2.38. The number of ketones is 1. The summed E-state index contributed by atoms with van der Waals surface area (Å²) in [5.41, 5.74) is 3.78. The minimum atomic E-state index is 0.0467. The van der Waals surface area contributed by atoms with Gasteiger partial charge in [-0.05, 0) is 19.3 Å². The molecule has 1 spiro atoms. The van der Waals surface area contributed by atoms with Crippen LogP contribution in [0, 0.1) is 12.8 Å². The Kier molecular flexibility index (Phi) is 1.32. The number of hydrogen-bond donors (Lipinski definition) is 2. The number of hydrogen-bond acceptors (Lipinski definition) is 2. The summed E-state index contributed by atoms with van der Waals surface area (Å²) in [6.45, 7) is 2.89. The Bertz CT molecular complexity index is 572. The lowest BCUT2D eigenvalue weighted by Gasteiger charge is -2.21. The SMILES string of the molecule is Cc1[nH]c2c(c1Cl)[C@@]13C[C@@H]1CNC3=CC2=O. The van der Waals surface area contributed by atoms with Gasteiger partial charge in [-0.15, -0.1) is 0 Å². The predicted octanol–water partition coefficient (Wildman–Crippen LogP) is 1.92. The molecule has 3 aliphatic rings. The Morgan fingerprint density at radius 3 is 3.12 bits per heavy atom. The number of carbonyl (C=O) groups is 1. The van der Waals surface area contributed by atoms with E-state index >= 15 is 0 Å². The Hall–Kier alpha value is -1.22. The van der Waals surface area contributed by atoms with Gasteiger partial charge in [-0.3, -0.25) is 4.79 Å². The van der Waals surface area contributed by atoms with Crippen molar-refractivity contribution in [3.8, 4) is 0 Å². The summed E-state index contributed by atoms with van der Waals surface area (Å²) in [6.07, 6.45) is 2.87. The van der Waals surface area contributed by atoms with E-state index in [1.165, 1.54) is 0 Å². The van der Waals surface area contributed by atoms with Gasteiger partial charge in [-0.1, -0.05) is 11.6 Å². The van der Waals surface area contributed by atoms with Crippen molar-refractivity contribution in [1.29, 1.82) is 0 Å². The molecule has 0 amide bonds. The van der Waals surface area contributed by atoms with Gasteiger partial charge in [0.2, 0.25) is 5.78 Å². The largest absolute Gasteiger partial charge is 0.387 e. The molecule has 2 aliphatic carbocycles. The van der Waals surface area contributed by atoms with E-state index in [2.05, 4.69) is 10.3 Å². The monoisotopic (exact) mass is 234 g/mol. The molecule has 16 heavy (non-hydrogen) atoms. The van der Waals surface area contributed by atoms with Crippen LogP contribution in [0.15, 0.2) is 11.8 Å². The smallest absolute Gasteiger partial charge is 0.204 e. The van der Waals surface area contributed by atoms with Crippen molar-refractivity contribution >= 4 is 17.4 Å². The maximum atomic E-state index is 11.9. The number of H-pyrrole nitrogens is 1. The van der Waals surface area contributed by atoms with E-state index in [9.17, 15) is 4.79 Å². The van der Waals surface area contributed by atoms with Crippen LogP contribution in [0.25, 0.3) is 0 Å². The lowest BCUT2D eigenvalue weighted by molar-refractivity contribution is 0.103. The van der Waals surface area contributed by atoms with E-state index in [1.807, 2.05) is 6.92 Å². The molecule has 1 saturated carbocycles. The summed E-state index contributed by atoms with van der Waals surface area (Å²) >= 11 is 6.34. The molecule has 0 aromatic carbocycles. The molecule has 1 aromatic rings. The highest BCUT2D eigenvalue weighted by Gasteiger charge is 2.65. The number of aromatic nitrogens is 1. The summed E-state index contributed by atoms with van der Waals surface area (Å²) in [5.74, 6) is 0.670. The van der Waals surface area contributed by atoms with Crippen LogP contribution in [0.5, 0.6) is 0 Å². The first-order valence-electron chi connectivity index (χ1n) is 5.53. The van der Waals surface area contributed by atoms with Crippen LogP contribution >= 0.6 is 11.6 Å². The Balaban J connectivity index is 2.07. The van der Waals surface area contributed by atoms with Crippen molar-refractivity contribution in [1.82, 2.24) is 10.3 Å². The quantitative estimate of drug-likeness (QED) is 0.721. The molecule has 2 atom stereocenters. The maximum Gasteiger partial charge on any atom is 0.204 e. The van der Waals surface area contributed by atoms with Crippen molar-refractivity contribution in [3.63, 3.8) is 0 Å². The van der Waals surface area contributed by atoms with Crippen LogP contribution < -0.4 is 5.32 Å². The van der Waals surface area contributed by atoms with Gasteiger partial charge in [-0.25, -0.2) is 0 Å². The summed E-state index contributed by atoms with van der Waals surface area (Å²) in [7, 11) is 0. The third-order valence-electron chi connectivity index (χ3n) is 4.20. The number of aromatic amines is 1. The highest BCUT2D eigenvalue weighted by Crippen LogP contribution is 2.65. The third-order valence-corrected chi connectivity index (χ3v) is 4.68. The van der Waals surface area contributed by atoms with E-state index in [-0.39, 0.29) is 11.2 Å². The summed E-state index contributed by atoms with van der Waals surface area (Å²) in [5, 5.41) is 4.07. The fourth-order valence-electron chi connectivity index (χ4n) is 3.33. The molecule has 2 N–H and O–H groups in total. The van der Waals surface area contributed by atoms with Crippen LogP contribution in [-0.2, 0) is 5.41 Å². The molecule has 0 radical (unpaired) electrons. The fraction of sp³-hybridized carbons (Fsp3) is 0.417. The highest BCUT2D eigenvalue weighted by molar-refractivity contribution is 6.33. The van der Waals surface area contributed by atoms with Gasteiger partial charge < -0.3 is 10.3 Å². The molecule has 1 aromatic heterocycles. The van der Waals surface area contributed by atoms with Crippen LogP contribution in [-0.4, -0.2) is 17.3 Å². The second-order valence-corrected chi connectivity index (χ2v) is 5.37. The lowest BCUT2D eigenvalue weighted by Crippen LogP contribution is -2.24. The molecule has 0 bridgehead atoms. The van der Waals surface area contributed by atoms with Crippen molar-refractivity contribution in [2.24, 2.45) is 5.92 Å². The highest BCUT2D eigenvalue weighted by atomic mass is 35.5. The van der Waals surface area contributed by atoms with E-state index in [0.717, 1.165) is 34.9 Å². The number of piperidine rings is 1. The van der Waals surface area contributed by atoms with Gasteiger partial charge in [-0.2, -0.15) is 0 Å². The zero-order valence-corrected chi connectivity index (χ0v) is 9.61. The second-order valence-electron chi connectivity index (χ2n) is 4.99. The topological polar surface area (TPSA) is 44.9 Å². The fourth-order valence-corrected chi connectivity index (χ4v) is 3.64. The molecular formula is C12H11ClN2O. The van der Waals surface area contributed by atoms with Gasteiger partial charge in [0.1, 0.15) is 0 Å². The molecule has 4 heteroatoms. The standard InChI is InChI=1S/C12H11ClN2O/c1-5-10(13)9-11(15-5)7(16)2-8-12(9)3-6(12)4-14-8/h2,6,14-15H,3-4H2,1H3/t6-,12+/m1/s1. The van der Waals surface area contributed by atoms with Gasteiger partial charge in [0.05, 0.1) is 10.7 Å². The number of rotatable bonds is 0. The molecule has 1 saturated heterocycles. The van der Waals surface area contributed by atoms with Gasteiger partial charge in [0, 0.05) is 35.0 Å². The molecule has 2 heterocycles. The predicted molar refractivity (Wildman–Crippen MR) is 60.7 cm³/mol. The number of nitrogens with one attached hydrogen (secondary N) is 2. The number of fused-ring (bicyclic) bond motifs is 1. The minimum absolute atomic E-state index is 0.0467. The van der Waals surface area contributed by atoms with E-state index in [1.54, 1.807) is 6.08 Å². The Morgan fingerprint density at radius 2 is 2.38 bits per heavy atom. The molecule has 4 rings (SSSR count). The van der Waals surface area contributed by atoms with Crippen molar-refractivity contribution in [2.75, 3.05) is 6.54 Å². The van der Waals surface area contributed by atoms with Gasteiger partial charge in [0.15, 0.2) is 0 Å². The number of aryl methyl sites for hydroxylation is 1. The first-order chi connectivity index (χ1) is 7.64. The first kappa shape index (κ1) is 8.88. The van der Waals surface area contributed by atoms with Crippen molar-refractivity contribution in [2.45, 2.75) is 18.8 Å². The van der Waals surface area contributed by atoms with Crippen molar-refractivity contribution < 1.29 is 4.79 Å². The molecule has 1 aliphatic heterocycles. The molecule has 3 nitrogen and oxygen atoms in total. The van der Waals surface area contributed by atoms with Crippen LogP contribution in [0.1, 0.15) is 28.2 Å². The van der Waals surface area contributed by atoms with Crippen LogP contribution in [0.2, 0.25) is 5.02 Å². The Morgan fingerprint density at radius 1 is 1.56 bits per heavy atom. The Labute approximate surface area is 97.9 Å². The van der Waals surface area contributed by atoms with Gasteiger partial charge >= 0.3 is 0 Å². The zero-order chi connectivity index (χ0) is 11.1. The maximum absolute atomic E-state index is 11.9. The molecule has 2 fully saturated rings. The van der Waals surface area contributed by atoms with Gasteiger partial charge in [0.25, 0.3) is 0 Å². The summed E-state index contributed by atoms with van der Waals surface area (Å²) in [4.78, 5) is 15.1. The minimum Gasteiger partial charge on any atom is -0.387 e. The first-order valence-corrected chi connectivity index (χ1v) is 5.91. The van der Waals surface area contributed by atoms with Crippen LogP contribution in [0.4, 0.5) is 0 Å². The number of halogens is 1. The van der Waals surface area contributed by atoms with Crippen molar-refractivity contribution in [3.05, 3.63) is 33.7 Å². The third kappa shape index (κ3) is 0.745. The zero-order valence-electron chi connectivity index (χ0n) is 8.86. The van der Waals surface area contributed by atoms with E-state index < -0.39 is 0 Å².